The van der Waals surface area contributed by atoms with Gasteiger partial charge in [-0.25, -0.2) is 0 Å². The van der Waals surface area contributed by atoms with Gasteiger partial charge in [-0.1, -0.05) is 119 Å². The molecule has 0 saturated carbocycles. The predicted molar refractivity (Wildman–Crippen MR) is 237 cm³/mol. The fourth-order valence-electron chi connectivity index (χ4n) is 8.14. The van der Waals surface area contributed by atoms with Gasteiger partial charge in [-0.3, -0.25) is 20.1 Å². The molecular formula is C45H45N7Si3. The van der Waals surface area contributed by atoms with Crippen molar-refractivity contribution < 1.29 is 0 Å². The van der Waals surface area contributed by atoms with Crippen molar-refractivity contribution in [2.45, 2.75) is 58.5 Å². The Balaban J connectivity index is 1.41. The number of rotatable bonds is 7. The second-order valence-electron chi connectivity index (χ2n) is 15.8. The smallest absolute Gasteiger partial charge is 0.298 e. The highest BCUT2D eigenvalue weighted by atomic mass is 28.3. The minimum Gasteiger partial charge on any atom is -0.321 e. The second kappa shape index (κ2) is 13.7. The molecule has 4 aliphatic rings. The minimum absolute atomic E-state index is 0.130. The van der Waals surface area contributed by atoms with E-state index in [1.807, 2.05) is 54.6 Å². The summed E-state index contributed by atoms with van der Waals surface area (Å²) in [5, 5.41) is 21.0. The van der Waals surface area contributed by atoms with E-state index >= 15 is 0 Å². The van der Waals surface area contributed by atoms with Crippen molar-refractivity contribution in [2.24, 2.45) is 18.6 Å². The third-order valence-electron chi connectivity index (χ3n) is 10.5. The van der Waals surface area contributed by atoms with E-state index in [0.29, 0.717) is 28.5 Å². The van der Waals surface area contributed by atoms with E-state index in [1.54, 1.807) is 0 Å². The Kier molecular flexibility index (Phi) is 9.10. The highest BCUT2D eigenvalue weighted by Crippen LogP contribution is 2.51. The van der Waals surface area contributed by atoms with Gasteiger partial charge in [0.2, 0.25) is 0 Å². The molecule has 7 nitrogen and oxygen atoms in total. The van der Waals surface area contributed by atoms with Gasteiger partial charge in [0.15, 0.2) is 17.9 Å². The fourth-order valence-corrected chi connectivity index (χ4v) is 11.1. The Morgan fingerprint density at radius 1 is 0.655 bits per heavy atom. The molecule has 0 aromatic heterocycles. The van der Waals surface area contributed by atoms with E-state index in [9.17, 15) is 10.8 Å². The molecule has 55 heavy (non-hydrogen) atoms. The molecule has 0 atom stereocenters. The zero-order chi connectivity index (χ0) is 38.8. The molecule has 2 N–H and O–H groups in total. The Bertz CT molecular complexity index is 2640. The van der Waals surface area contributed by atoms with Crippen LogP contribution in [0.5, 0.6) is 0 Å². The molecule has 4 aromatic rings. The average molecular weight is 768 g/mol. The summed E-state index contributed by atoms with van der Waals surface area (Å²) >= 11 is 0. The Morgan fingerprint density at radius 3 is 2.07 bits per heavy atom. The first-order chi connectivity index (χ1) is 26.3. The largest absolute Gasteiger partial charge is 0.321 e. The van der Waals surface area contributed by atoms with Crippen molar-refractivity contribution in [2.75, 3.05) is 4.90 Å². The van der Waals surface area contributed by atoms with Crippen LogP contribution in [0.15, 0.2) is 145 Å². The molecule has 4 aromatic carbocycles. The average Bonchev–Trinajstić information content (AvgIpc) is 3.60. The number of benzene rings is 4. The van der Waals surface area contributed by atoms with Gasteiger partial charge < -0.3 is 14.2 Å². The van der Waals surface area contributed by atoms with Gasteiger partial charge in [-0.2, -0.15) is 0 Å². The molecule has 0 spiro atoms. The number of hydrogen-bond acceptors (Lipinski definition) is 7. The summed E-state index contributed by atoms with van der Waals surface area (Å²) in [5.41, 5.74) is 13.2. The maximum atomic E-state index is 9.65. The van der Waals surface area contributed by atoms with Gasteiger partial charge in [0.1, 0.15) is 5.71 Å². The molecule has 0 unspecified atom stereocenters. The zero-order valence-corrected chi connectivity index (χ0v) is 35.7. The molecule has 1 aliphatic heterocycles. The van der Waals surface area contributed by atoms with Gasteiger partial charge in [0, 0.05) is 16.6 Å². The van der Waals surface area contributed by atoms with E-state index in [-0.39, 0.29) is 5.41 Å². The summed E-state index contributed by atoms with van der Waals surface area (Å²) in [7, 11) is -4.67. The van der Waals surface area contributed by atoms with Crippen molar-refractivity contribution in [1.82, 2.24) is 0 Å². The van der Waals surface area contributed by atoms with Crippen LogP contribution in [0.25, 0.3) is 27.8 Å². The Morgan fingerprint density at radius 2 is 1.33 bits per heavy atom. The van der Waals surface area contributed by atoms with E-state index in [0.717, 1.165) is 44.4 Å². The number of anilines is 1. The molecule has 0 saturated heterocycles. The van der Waals surface area contributed by atoms with Crippen LogP contribution in [0.1, 0.15) is 30.5 Å². The minimum atomic E-state index is -2.46. The summed E-state index contributed by atoms with van der Waals surface area (Å²) in [6, 6.07) is 29.9. The van der Waals surface area contributed by atoms with Crippen molar-refractivity contribution in [3.63, 3.8) is 0 Å². The number of allylic oxidation sites excluding steroid dienone is 8. The Hall–Kier alpha value is -5.43. The first kappa shape index (κ1) is 36.5. The van der Waals surface area contributed by atoms with Crippen molar-refractivity contribution in [3.8, 4) is 22.3 Å². The predicted octanol–water partition coefficient (Wildman–Crippen LogP) is 9.28. The van der Waals surface area contributed by atoms with Gasteiger partial charge in [-0.15, -0.1) is 0 Å². The third kappa shape index (κ3) is 6.27. The molecule has 0 bridgehead atoms. The van der Waals surface area contributed by atoms with Crippen LogP contribution in [0.3, 0.4) is 0 Å². The lowest BCUT2D eigenvalue weighted by molar-refractivity contribution is 0.660. The van der Waals surface area contributed by atoms with Crippen LogP contribution in [0.2, 0.25) is 39.3 Å². The maximum absolute atomic E-state index is 9.65. The number of nitrogens with zero attached hydrogens (tertiary/aromatic N) is 5. The standard InChI is InChI=1S/C45H45N7Si3/c1-45(2)33-20-13-12-18-32(33)39-30(19-14-21-34(39)45)31-25-27-38(44-42(31)50-55(7,8)51-44)52(36-23-15-22-35(41(36)47)48-53(3)4)37-26-24-29(28-16-10-9-11-17-28)40(46)43(37)49-54(5)6/h9-27,46-47H,1-8H3/b46-40?,47-41?,48-35-,49-43-. The molecule has 0 fully saturated rings. The first-order valence-corrected chi connectivity index (χ1v) is 26.5. The van der Waals surface area contributed by atoms with Gasteiger partial charge in [0.25, 0.3) is 8.40 Å². The highest BCUT2D eigenvalue weighted by Gasteiger charge is 2.38. The topological polar surface area (TPSA) is 100 Å². The van der Waals surface area contributed by atoms with Crippen LogP contribution >= 0.6 is 0 Å². The van der Waals surface area contributed by atoms with Crippen molar-refractivity contribution >= 4 is 60.4 Å². The lowest BCUT2D eigenvalue weighted by atomic mass is 9.82. The fraction of sp³-hybridized carbons (Fsp3) is 0.200. The van der Waals surface area contributed by atoms with E-state index < -0.39 is 26.3 Å². The number of nitrogens with one attached hydrogen (secondary N) is 2. The quantitative estimate of drug-likeness (QED) is 0.142. The number of hydrogen-bond donors (Lipinski definition) is 2. The van der Waals surface area contributed by atoms with Crippen LogP contribution in [-0.4, -0.2) is 49.2 Å². The van der Waals surface area contributed by atoms with Gasteiger partial charge >= 0.3 is 0 Å². The normalized spacial score (nSPS) is 19.1. The molecule has 1 heterocycles. The van der Waals surface area contributed by atoms with Gasteiger partial charge in [-0.05, 0) is 82.9 Å². The molecule has 0 amide bonds. The monoisotopic (exact) mass is 767 g/mol. The lowest BCUT2D eigenvalue weighted by Gasteiger charge is -2.34. The summed E-state index contributed by atoms with van der Waals surface area (Å²) in [4.78, 5) is 2.11. The summed E-state index contributed by atoms with van der Waals surface area (Å²) in [6.45, 7) is 17.5. The summed E-state index contributed by atoms with van der Waals surface area (Å²) in [5.74, 6) is 0. The summed E-state index contributed by atoms with van der Waals surface area (Å²) in [6.07, 6.45) is 9.99. The molecule has 8 rings (SSSR count). The maximum Gasteiger partial charge on any atom is 0.298 e. The zero-order valence-electron chi connectivity index (χ0n) is 32.7. The highest BCUT2D eigenvalue weighted by molar-refractivity contribution is 6.74. The van der Waals surface area contributed by atoms with E-state index in [2.05, 4.69) is 119 Å². The van der Waals surface area contributed by atoms with Crippen LogP contribution in [0, 0.1) is 10.8 Å². The molecule has 3 aliphatic carbocycles. The van der Waals surface area contributed by atoms with E-state index in [4.69, 9.17) is 18.6 Å². The first-order valence-electron chi connectivity index (χ1n) is 18.8. The van der Waals surface area contributed by atoms with Crippen molar-refractivity contribution in [3.05, 3.63) is 154 Å². The lowest BCUT2D eigenvalue weighted by Crippen LogP contribution is -2.42. The van der Waals surface area contributed by atoms with E-state index in [1.165, 1.54) is 22.3 Å². The molecule has 272 valence electrons. The van der Waals surface area contributed by atoms with Crippen LogP contribution < -0.4 is 15.6 Å². The van der Waals surface area contributed by atoms with Crippen LogP contribution in [-0.2, 0) is 5.41 Å². The number of fused-ring (bicyclic) bond motifs is 4. The van der Waals surface area contributed by atoms with Crippen molar-refractivity contribution in [1.29, 1.82) is 10.8 Å². The summed E-state index contributed by atoms with van der Waals surface area (Å²) < 4.78 is 21.1. The van der Waals surface area contributed by atoms with Crippen LogP contribution in [0.4, 0.5) is 5.69 Å². The van der Waals surface area contributed by atoms with Gasteiger partial charge in [0.05, 0.1) is 44.9 Å². The third-order valence-corrected chi connectivity index (χ3v) is 13.4. The molecular weight excluding hydrogens is 723 g/mol. The molecule has 2 radical (unpaired) electrons. The second-order valence-corrected chi connectivity index (χ2v) is 23.5. The molecule has 10 heteroatoms. The Labute approximate surface area is 328 Å². The SMILES string of the molecule is C[Si](C)/N=C1/C=CC=C(N(C2=CC=C(c3ccccc3)C(=N)/C2=N\[Si](C)C)c2ccc(-c3cccc4c3-c3ccccc3C4(C)C)c3c2=N[Si](C)(C)N=3)C1=N.